The van der Waals surface area contributed by atoms with Crippen molar-refractivity contribution in [1.82, 2.24) is 4.57 Å². The predicted molar refractivity (Wildman–Crippen MR) is 249 cm³/mol. The van der Waals surface area contributed by atoms with E-state index in [-0.39, 0.29) is 0 Å². The highest BCUT2D eigenvalue weighted by Crippen LogP contribution is 2.42. The van der Waals surface area contributed by atoms with Gasteiger partial charge in [-0.1, -0.05) is 146 Å². The Balaban J connectivity index is 0.988. The predicted octanol–water partition coefficient (Wildman–Crippen LogP) is 15.8. The first kappa shape index (κ1) is 33.3. The fourth-order valence-electron chi connectivity index (χ4n) is 9.24. The SMILES string of the molecule is c1cc(-c2cccc3oc4ccccc4c23)cc(N(c2ccc(-c3cccc(-n4c5ccccc5c5ccccc54)c3)cc2)c2ccc3c(ccc4ccccc43)c2)c1. The van der Waals surface area contributed by atoms with E-state index in [4.69, 9.17) is 4.42 Å². The molecule has 3 heteroatoms. The quantitative estimate of drug-likeness (QED) is 0.158. The second kappa shape index (κ2) is 13.4. The van der Waals surface area contributed by atoms with Crippen LogP contribution in [-0.2, 0) is 0 Å². The molecular weight excluding hydrogens is 717 g/mol. The molecule has 12 aromatic rings. The molecule has 0 spiro atoms. The van der Waals surface area contributed by atoms with Crippen LogP contribution in [0.5, 0.6) is 0 Å². The summed E-state index contributed by atoms with van der Waals surface area (Å²) in [6.07, 6.45) is 0. The third-order valence-electron chi connectivity index (χ3n) is 11.9. The molecule has 2 heterocycles. The summed E-state index contributed by atoms with van der Waals surface area (Å²) in [6.45, 7) is 0. The average molecular weight is 753 g/mol. The zero-order valence-electron chi connectivity index (χ0n) is 32.1. The van der Waals surface area contributed by atoms with Crippen molar-refractivity contribution in [2.24, 2.45) is 0 Å². The highest BCUT2D eigenvalue weighted by Gasteiger charge is 2.18. The number of hydrogen-bond donors (Lipinski definition) is 0. The zero-order valence-corrected chi connectivity index (χ0v) is 32.1. The Kier molecular flexibility index (Phi) is 7.54. The Morgan fingerprint density at radius 1 is 0.339 bits per heavy atom. The largest absolute Gasteiger partial charge is 0.456 e. The van der Waals surface area contributed by atoms with E-state index in [1.54, 1.807) is 0 Å². The molecule has 10 aromatic carbocycles. The number of aromatic nitrogens is 1. The molecule has 0 aliphatic heterocycles. The molecule has 0 aliphatic rings. The molecule has 0 fully saturated rings. The van der Waals surface area contributed by atoms with Gasteiger partial charge in [-0.2, -0.15) is 0 Å². The van der Waals surface area contributed by atoms with Gasteiger partial charge in [0.2, 0.25) is 0 Å². The molecule has 0 saturated carbocycles. The molecule has 276 valence electrons. The van der Waals surface area contributed by atoms with E-state index in [2.05, 4.69) is 216 Å². The van der Waals surface area contributed by atoms with E-state index in [1.807, 2.05) is 12.1 Å². The second-order valence-corrected chi connectivity index (χ2v) is 15.3. The summed E-state index contributed by atoms with van der Waals surface area (Å²) in [6, 6.07) is 78.8. The molecule has 0 amide bonds. The minimum atomic E-state index is 0.894. The number of para-hydroxylation sites is 3. The van der Waals surface area contributed by atoms with E-state index in [0.29, 0.717) is 0 Å². The molecule has 2 aromatic heterocycles. The number of benzene rings is 10. The maximum atomic E-state index is 6.30. The Morgan fingerprint density at radius 3 is 1.78 bits per heavy atom. The lowest BCUT2D eigenvalue weighted by molar-refractivity contribution is 0.669. The second-order valence-electron chi connectivity index (χ2n) is 15.3. The van der Waals surface area contributed by atoms with E-state index in [1.165, 1.54) is 48.9 Å². The first-order chi connectivity index (χ1) is 29.2. The molecule has 0 bridgehead atoms. The topological polar surface area (TPSA) is 21.3 Å². The monoisotopic (exact) mass is 752 g/mol. The van der Waals surface area contributed by atoms with Crippen LogP contribution < -0.4 is 4.90 Å². The Bertz CT molecular complexity index is 3520. The van der Waals surface area contributed by atoms with Crippen molar-refractivity contribution in [3.63, 3.8) is 0 Å². The van der Waals surface area contributed by atoms with Crippen LogP contribution in [0.25, 0.3) is 93.2 Å². The molecule has 59 heavy (non-hydrogen) atoms. The minimum absolute atomic E-state index is 0.894. The van der Waals surface area contributed by atoms with Crippen LogP contribution in [0, 0.1) is 0 Å². The molecule has 0 atom stereocenters. The highest BCUT2D eigenvalue weighted by atomic mass is 16.3. The Labute approximate surface area is 341 Å². The van der Waals surface area contributed by atoms with E-state index in [0.717, 1.165) is 61.4 Å². The van der Waals surface area contributed by atoms with Gasteiger partial charge >= 0.3 is 0 Å². The van der Waals surface area contributed by atoms with Crippen molar-refractivity contribution in [3.05, 3.63) is 218 Å². The smallest absolute Gasteiger partial charge is 0.136 e. The van der Waals surface area contributed by atoms with Crippen LogP contribution in [0.2, 0.25) is 0 Å². The molecular formula is C56H36N2O. The number of anilines is 3. The third kappa shape index (κ3) is 5.44. The van der Waals surface area contributed by atoms with Crippen LogP contribution in [0.1, 0.15) is 0 Å². The molecule has 0 N–H and O–H groups in total. The number of furan rings is 1. The lowest BCUT2D eigenvalue weighted by Crippen LogP contribution is -2.10. The first-order valence-corrected chi connectivity index (χ1v) is 20.2. The van der Waals surface area contributed by atoms with Gasteiger partial charge in [-0.25, -0.2) is 0 Å². The normalized spacial score (nSPS) is 11.7. The maximum absolute atomic E-state index is 6.30. The number of hydrogen-bond acceptors (Lipinski definition) is 2. The van der Waals surface area contributed by atoms with Crippen molar-refractivity contribution in [2.75, 3.05) is 4.90 Å². The van der Waals surface area contributed by atoms with Gasteiger partial charge in [-0.05, 0) is 117 Å². The summed E-state index contributed by atoms with van der Waals surface area (Å²) in [5.74, 6) is 0. The van der Waals surface area contributed by atoms with Crippen molar-refractivity contribution >= 4 is 82.4 Å². The molecule has 0 saturated heterocycles. The van der Waals surface area contributed by atoms with Gasteiger partial charge in [0.25, 0.3) is 0 Å². The third-order valence-corrected chi connectivity index (χ3v) is 11.9. The lowest BCUT2D eigenvalue weighted by Gasteiger charge is -2.27. The van der Waals surface area contributed by atoms with Crippen molar-refractivity contribution < 1.29 is 4.42 Å². The van der Waals surface area contributed by atoms with Gasteiger partial charge in [-0.3, -0.25) is 0 Å². The number of nitrogens with zero attached hydrogens (tertiary/aromatic N) is 2. The van der Waals surface area contributed by atoms with Crippen LogP contribution >= 0.6 is 0 Å². The van der Waals surface area contributed by atoms with E-state index >= 15 is 0 Å². The zero-order chi connectivity index (χ0) is 38.9. The van der Waals surface area contributed by atoms with Crippen molar-refractivity contribution in [1.29, 1.82) is 0 Å². The average Bonchev–Trinajstić information content (AvgIpc) is 3.86. The van der Waals surface area contributed by atoms with Gasteiger partial charge in [0.1, 0.15) is 11.2 Å². The summed E-state index contributed by atoms with van der Waals surface area (Å²) in [5.41, 5.74) is 13.2. The summed E-state index contributed by atoms with van der Waals surface area (Å²) in [4.78, 5) is 2.38. The first-order valence-electron chi connectivity index (χ1n) is 20.2. The minimum Gasteiger partial charge on any atom is -0.456 e. The van der Waals surface area contributed by atoms with Crippen molar-refractivity contribution in [2.45, 2.75) is 0 Å². The number of fused-ring (bicyclic) bond motifs is 9. The van der Waals surface area contributed by atoms with Crippen LogP contribution in [0.15, 0.2) is 223 Å². The standard InChI is InChI=1S/C56H36N2O/c1-2-17-46-38(12-1)26-27-41-36-45(32-33-47(41)46)57(43-15-10-14-40(35-43)48-21-11-25-55-56(48)51-20-5-8-24-54(51)59-55)42-30-28-37(29-31-42)39-13-9-16-44(34-39)58-52-22-6-3-18-49(52)50-19-4-7-23-53(50)58/h1-36H. The molecule has 0 radical (unpaired) electrons. The Hall–Kier alpha value is -7.88. The van der Waals surface area contributed by atoms with Gasteiger partial charge in [-0.15, -0.1) is 0 Å². The van der Waals surface area contributed by atoms with Gasteiger partial charge in [0.15, 0.2) is 0 Å². The fraction of sp³-hybridized carbons (Fsp3) is 0. The summed E-state index contributed by atoms with van der Waals surface area (Å²) < 4.78 is 8.69. The van der Waals surface area contributed by atoms with Crippen LogP contribution in [-0.4, -0.2) is 4.57 Å². The highest BCUT2D eigenvalue weighted by molar-refractivity contribution is 6.13. The summed E-state index contributed by atoms with van der Waals surface area (Å²) in [7, 11) is 0. The summed E-state index contributed by atoms with van der Waals surface area (Å²) in [5, 5.41) is 9.75. The van der Waals surface area contributed by atoms with Gasteiger partial charge in [0.05, 0.1) is 11.0 Å². The molecule has 0 unspecified atom stereocenters. The van der Waals surface area contributed by atoms with E-state index < -0.39 is 0 Å². The molecule has 3 nitrogen and oxygen atoms in total. The lowest BCUT2D eigenvalue weighted by atomic mass is 9.98. The fourth-order valence-corrected chi connectivity index (χ4v) is 9.24. The molecule has 0 aliphatic carbocycles. The Morgan fingerprint density at radius 2 is 0.949 bits per heavy atom. The maximum Gasteiger partial charge on any atom is 0.136 e. The van der Waals surface area contributed by atoms with Gasteiger partial charge in [0, 0.05) is 44.3 Å². The van der Waals surface area contributed by atoms with Crippen molar-refractivity contribution in [3.8, 4) is 27.9 Å². The van der Waals surface area contributed by atoms with Gasteiger partial charge < -0.3 is 13.9 Å². The van der Waals surface area contributed by atoms with E-state index in [9.17, 15) is 0 Å². The molecule has 12 rings (SSSR count). The summed E-state index contributed by atoms with van der Waals surface area (Å²) >= 11 is 0. The van der Waals surface area contributed by atoms with Crippen LogP contribution in [0.4, 0.5) is 17.1 Å². The van der Waals surface area contributed by atoms with Crippen LogP contribution in [0.3, 0.4) is 0 Å². The number of rotatable bonds is 6.